The molecule has 0 aromatic carbocycles. The van der Waals surface area contributed by atoms with E-state index >= 15 is 0 Å². The molecule has 1 saturated heterocycles. The molecule has 6 heteroatoms. The Balaban J connectivity index is 1.56. The first-order valence-corrected chi connectivity index (χ1v) is 9.41. The van der Waals surface area contributed by atoms with Crippen LogP contribution in [0.5, 0.6) is 0 Å². The Bertz CT molecular complexity index is 765. The molecule has 25 heavy (non-hydrogen) atoms. The van der Waals surface area contributed by atoms with Crippen LogP contribution in [0.4, 0.5) is 11.5 Å². The van der Waals surface area contributed by atoms with E-state index in [4.69, 9.17) is 10.4 Å². The van der Waals surface area contributed by atoms with Gasteiger partial charge in [0, 0.05) is 31.7 Å². The van der Waals surface area contributed by atoms with Gasteiger partial charge in [0.25, 0.3) is 0 Å². The summed E-state index contributed by atoms with van der Waals surface area (Å²) >= 11 is 0. The van der Waals surface area contributed by atoms with E-state index in [0.717, 1.165) is 35.8 Å². The van der Waals surface area contributed by atoms with Gasteiger partial charge in [-0.25, -0.2) is 9.50 Å². The first kappa shape index (κ1) is 16.1. The van der Waals surface area contributed by atoms with Crippen LogP contribution in [0.1, 0.15) is 44.9 Å². The molecular formula is C19H26N6. The van der Waals surface area contributed by atoms with Crippen LogP contribution in [0, 0.1) is 11.3 Å². The topological polar surface area (TPSA) is 69.3 Å². The van der Waals surface area contributed by atoms with Gasteiger partial charge in [-0.15, -0.1) is 0 Å². The van der Waals surface area contributed by atoms with E-state index in [2.05, 4.69) is 15.3 Å². The first-order chi connectivity index (χ1) is 12.3. The average molecular weight is 338 g/mol. The zero-order chi connectivity index (χ0) is 17.1. The highest BCUT2D eigenvalue weighted by atomic mass is 15.3. The summed E-state index contributed by atoms with van der Waals surface area (Å²) in [6, 6.07) is 2.04. The SMILES string of the molecule is N=C/C(=C\Nc1cnn2ccc(N3CCCC3)nc12)C1CCCCC1. The molecule has 3 heterocycles. The summed E-state index contributed by atoms with van der Waals surface area (Å²) in [5, 5.41) is 15.5. The van der Waals surface area contributed by atoms with Crippen molar-refractivity contribution in [1.29, 1.82) is 5.41 Å². The van der Waals surface area contributed by atoms with Gasteiger partial charge in [-0.3, -0.25) is 0 Å². The van der Waals surface area contributed by atoms with Crippen LogP contribution in [0.2, 0.25) is 0 Å². The van der Waals surface area contributed by atoms with E-state index in [-0.39, 0.29) is 0 Å². The van der Waals surface area contributed by atoms with Gasteiger partial charge in [0.2, 0.25) is 0 Å². The highest BCUT2D eigenvalue weighted by molar-refractivity contribution is 5.78. The summed E-state index contributed by atoms with van der Waals surface area (Å²) in [5.74, 6) is 1.53. The second-order valence-corrected chi connectivity index (χ2v) is 7.07. The minimum absolute atomic E-state index is 0.508. The summed E-state index contributed by atoms with van der Waals surface area (Å²) in [4.78, 5) is 7.14. The van der Waals surface area contributed by atoms with Crippen molar-refractivity contribution in [3.63, 3.8) is 0 Å². The quantitative estimate of drug-likeness (QED) is 0.812. The maximum Gasteiger partial charge on any atom is 0.180 e. The second-order valence-electron chi connectivity index (χ2n) is 7.07. The van der Waals surface area contributed by atoms with Crippen molar-refractivity contribution in [3.05, 3.63) is 30.2 Å². The molecule has 2 N–H and O–H groups in total. The molecule has 1 saturated carbocycles. The fourth-order valence-electron chi connectivity index (χ4n) is 3.96. The molecule has 4 rings (SSSR count). The summed E-state index contributed by atoms with van der Waals surface area (Å²) in [6.07, 6.45) is 16.0. The van der Waals surface area contributed by atoms with Crippen LogP contribution < -0.4 is 10.2 Å². The molecule has 2 fully saturated rings. The minimum atomic E-state index is 0.508. The Morgan fingerprint density at radius 3 is 2.72 bits per heavy atom. The summed E-state index contributed by atoms with van der Waals surface area (Å²) in [6.45, 7) is 2.17. The first-order valence-electron chi connectivity index (χ1n) is 9.41. The van der Waals surface area contributed by atoms with Crippen molar-refractivity contribution in [2.24, 2.45) is 5.92 Å². The van der Waals surface area contributed by atoms with Gasteiger partial charge in [0.15, 0.2) is 5.65 Å². The smallest absolute Gasteiger partial charge is 0.180 e. The molecule has 1 aliphatic heterocycles. The van der Waals surface area contributed by atoms with Gasteiger partial charge in [-0.05, 0) is 43.2 Å². The predicted molar refractivity (Wildman–Crippen MR) is 101 cm³/mol. The Labute approximate surface area is 148 Å². The van der Waals surface area contributed by atoms with E-state index in [1.54, 1.807) is 4.52 Å². The molecule has 2 aliphatic rings. The largest absolute Gasteiger partial charge is 0.357 e. The van der Waals surface area contributed by atoms with Crippen LogP contribution in [0.3, 0.4) is 0 Å². The van der Waals surface area contributed by atoms with E-state index in [9.17, 15) is 0 Å². The van der Waals surface area contributed by atoms with Gasteiger partial charge in [-0.1, -0.05) is 19.3 Å². The summed E-state index contributed by atoms with van der Waals surface area (Å²) in [5.41, 5.74) is 2.82. The van der Waals surface area contributed by atoms with Gasteiger partial charge >= 0.3 is 0 Å². The van der Waals surface area contributed by atoms with Crippen molar-refractivity contribution in [1.82, 2.24) is 14.6 Å². The third-order valence-corrected chi connectivity index (χ3v) is 5.42. The van der Waals surface area contributed by atoms with E-state index in [1.807, 2.05) is 24.7 Å². The normalized spacial score (nSPS) is 19.5. The molecule has 0 spiro atoms. The van der Waals surface area contributed by atoms with Gasteiger partial charge in [0.1, 0.15) is 11.5 Å². The summed E-state index contributed by atoms with van der Waals surface area (Å²) in [7, 11) is 0. The molecule has 0 amide bonds. The number of fused-ring (bicyclic) bond motifs is 1. The van der Waals surface area contributed by atoms with Gasteiger partial charge in [-0.2, -0.15) is 5.10 Å². The number of anilines is 2. The van der Waals surface area contributed by atoms with E-state index in [1.165, 1.54) is 51.2 Å². The molecule has 0 atom stereocenters. The lowest BCUT2D eigenvalue weighted by Gasteiger charge is -2.22. The lowest BCUT2D eigenvalue weighted by molar-refractivity contribution is 0.412. The van der Waals surface area contributed by atoms with Crippen LogP contribution in [0.15, 0.2) is 30.2 Å². The van der Waals surface area contributed by atoms with Crippen LogP contribution >= 0.6 is 0 Å². The number of hydrogen-bond acceptors (Lipinski definition) is 5. The fraction of sp³-hybridized carbons (Fsp3) is 0.526. The molecular weight excluding hydrogens is 312 g/mol. The maximum absolute atomic E-state index is 7.76. The van der Waals surface area contributed by atoms with Crippen LogP contribution in [0.25, 0.3) is 5.65 Å². The monoisotopic (exact) mass is 338 g/mol. The van der Waals surface area contributed by atoms with Gasteiger partial charge < -0.3 is 15.6 Å². The van der Waals surface area contributed by atoms with E-state index < -0.39 is 0 Å². The molecule has 1 aliphatic carbocycles. The van der Waals surface area contributed by atoms with E-state index in [0.29, 0.717) is 5.92 Å². The lowest BCUT2D eigenvalue weighted by Crippen LogP contribution is -2.19. The number of hydrogen-bond donors (Lipinski definition) is 2. The van der Waals surface area contributed by atoms with Crippen molar-refractivity contribution in [2.45, 2.75) is 44.9 Å². The van der Waals surface area contributed by atoms with Crippen molar-refractivity contribution in [2.75, 3.05) is 23.3 Å². The third-order valence-electron chi connectivity index (χ3n) is 5.42. The zero-order valence-electron chi connectivity index (χ0n) is 14.6. The van der Waals surface area contributed by atoms with Crippen molar-refractivity contribution < 1.29 is 0 Å². The Morgan fingerprint density at radius 2 is 1.96 bits per heavy atom. The number of nitrogens with zero attached hydrogens (tertiary/aromatic N) is 4. The molecule has 0 bridgehead atoms. The second kappa shape index (κ2) is 7.25. The molecule has 0 unspecified atom stereocenters. The zero-order valence-corrected chi connectivity index (χ0v) is 14.6. The fourth-order valence-corrected chi connectivity index (χ4v) is 3.96. The Morgan fingerprint density at radius 1 is 1.16 bits per heavy atom. The number of nitrogens with one attached hydrogen (secondary N) is 2. The van der Waals surface area contributed by atoms with Crippen LogP contribution in [-0.2, 0) is 0 Å². The maximum atomic E-state index is 7.76. The minimum Gasteiger partial charge on any atom is -0.357 e. The Hall–Kier alpha value is -2.37. The molecule has 2 aromatic rings. The number of rotatable bonds is 5. The highest BCUT2D eigenvalue weighted by Gasteiger charge is 2.17. The molecule has 2 aromatic heterocycles. The molecule has 6 nitrogen and oxygen atoms in total. The summed E-state index contributed by atoms with van der Waals surface area (Å²) < 4.78 is 1.81. The highest BCUT2D eigenvalue weighted by Crippen LogP contribution is 2.29. The van der Waals surface area contributed by atoms with Crippen LogP contribution in [-0.4, -0.2) is 33.9 Å². The standard InChI is InChI=1S/C19H26N6/c20-12-16(15-6-2-1-3-7-15)13-21-17-14-22-25-11-8-18(23-19(17)25)24-9-4-5-10-24/h8,11-15,20-21H,1-7,9-10H2/b16-13+,20-12?. The number of allylic oxidation sites excluding steroid dienone is 1. The van der Waals surface area contributed by atoms with Gasteiger partial charge in [0.05, 0.1) is 6.20 Å². The average Bonchev–Trinajstić information content (AvgIpc) is 3.33. The number of aromatic nitrogens is 3. The Kier molecular flexibility index (Phi) is 4.68. The van der Waals surface area contributed by atoms with Crippen molar-refractivity contribution >= 4 is 23.4 Å². The predicted octanol–water partition coefficient (Wildman–Crippen LogP) is 3.86. The third kappa shape index (κ3) is 3.38. The lowest BCUT2D eigenvalue weighted by atomic mass is 9.84. The van der Waals surface area contributed by atoms with Crippen molar-refractivity contribution in [3.8, 4) is 0 Å². The molecule has 0 radical (unpaired) electrons. The molecule has 132 valence electrons.